The Bertz CT molecular complexity index is 1100. The molecule has 0 radical (unpaired) electrons. The van der Waals surface area contributed by atoms with Crippen LogP contribution in [0.2, 0.25) is 0 Å². The average molecular weight is 434 g/mol. The highest BCUT2D eigenvalue weighted by molar-refractivity contribution is 7.98. The molecular weight excluding hydrogens is 406 g/mol. The van der Waals surface area contributed by atoms with Crippen molar-refractivity contribution < 1.29 is 9.59 Å². The number of carbonyl (C=O) groups excluding carboxylic acids is 2. The van der Waals surface area contributed by atoms with Crippen LogP contribution in [-0.4, -0.2) is 40.9 Å². The predicted molar refractivity (Wildman–Crippen MR) is 127 cm³/mol. The molecule has 1 atom stereocenters. The Kier molecular flexibility index (Phi) is 6.68. The van der Waals surface area contributed by atoms with E-state index in [-0.39, 0.29) is 17.6 Å². The first-order valence-electron chi connectivity index (χ1n) is 10.6. The van der Waals surface area contributed by atoms with Crippen molar-refractivity contribution in [2.24, 2.45) is 5.92 Å². The topological polar surface area (TPSA) is 62.3 Å². The molecule has 2 heterocycles. The van der Waals surface area contributed by atoms with Crippen LogP contribution in [0, 0.1) is 5.92 Å². The quantitative estimate of drug-likeness (QED) is 0.437. The predicted octanol–water partition coefficient (Wildman–Crippen LogP) is 5.01. The zero-order valence-electron chi connectivity index (χ0n) is 17.9. The van der Waals surface area contributed by atoms with Gasteiger partial charge in [0.15, 0.2) is 5.78 Å². The lowest BCUT2D eigenvalue weighted by atomic mass is 9.90. The van der Waals surface area contributed by atoms with Crippen molar-refractivity contribution in [3.05, 3.63) is 65.9 Å². The summed E-state index contributed by atoms with van der Waals surface area (Å²) in [6.45, 7) is 3.99. The van der Waals surface area contributed by atoms with Crippen molar-refractivity contribution in [2.75, 3.05) is 24.7 Å². The maximum Gasteiger partial charge on any atom is 0.221 e. The number of likely N-dealkylation sites (tertiary alicyclic amines) is 1. The molecule has 6 heteroatoms. The van der Waals surface area contributed by atoms with Gasteiger partial charge in [0.2, 0.25) is 5.91 Å². The average Bonchev–Trinajstić information content (AvgIpc) is 2.78. The number of piperidine rings is 1. The molecule has 1 aromatic heterocycles. The molecule has 1 saturated heterocycles. The van der Waals surface area contributed by atoms with Crippen LogP contribution < -0.4 is 5.32 Å². The highest BCUT2D eigenvalue weighted by Gasteiger charge is 2.26. The van der Waals surface area contributed by atoms with Gasteiger partial charge in [0.25, 0.3) is 0 Å². The Morgan fingerprint density at radius 2 is 1.94 bits per heavy atom. The van der Waals surface area contributed by atoms with E-state index in [1.165, 1.54) is 11.8 Å². The maximum atomic E-state index is 13.0. The van der Waals surface area contributed by atoms with Crippen molar-refractivity contribution in [3.8, 4) is 0 Å². The molecule has 31 heavy (non-hydrogen) atoms. The Morgan fingerprint density at radius 3 is 2.68 bits per heavy atom. The second-order valence-electron chi connectivity index (χ2n) is 8.06. The minimum absolute atomic E-state index is 0.0366. The second-order valence-corrected chi connectivity index (χ2v) is 8.94. The Balaban J connectivity index is 1.43. The zero-order valence-corrected chi connectivity index (χ0v) is 18.7. The largest absolute Gasteiger partial charge is 0.326 e. The number of hydrogen-bond acceptors (Lipinski definition) is 5. The summed E-state index contributed by atoms with van der Waals surface area (Å²) in [6.07, 6.45) is 4.00. The van der Waals surface area contributed by atoms with E-state index in [9.17, 15) is 9.59 Å². The van der Waals surface area contributed by atoms with Crippen LogP contribution >= 0.6 is 11.8 Å². The first-order chi connectivity index (χ1) is 15.0. The highest BCUT2D eigenvalue weighted by Crippen LogP contribution is 2.24. The summed E-state index contributed by atoms with van der Waals surface area (Å²) in [6, 6.07) is 17.8. The van der Waals surface area contributed by atoms with Crippen LogP contribution in [0.5, 0.6) is 0 Å². The van der Waals surface area contributed by atoms with Gasteiger partial charge in [-0.1, -0.05) is 18.2 Å². The van der Waals surface area contributed by atoms with E-state index in [1.54, 1.807) is 11.8 Å². The molecule has 0 bridgehead atoms. The number of nitrogens with zero attached hydrogens (tertiary/aromatic N) is 2. The molecule has 1 N–H and O–H groups in total. The number of benzene rings is 2. The van der Waals surface area contributed by atoms with E-state index in [1.807, 2.05) is 60.9 Å². The fraction of sp³-hybridized carbons (Fsp3) is 0.320. The number of amides is 1. The number of carbonyl (C=O) groups is 2. The van der Waals surface area contributed by atoms with Crippen molar-refractivity contribution in [1.29, 1.82) is 0 Å². The van der Waals surface area contributed by atoms with E-state index >= 15 is 0 Å². The lowest BCUT2D eigenvalue weighted by Gasteiger charge is -2.31. The van der Waals surface area contributed by atoms with Gasteiger partial charge in [0.05, 0.1) is 11.2 Å². The van der Waals surface area contributed by atoms with E-state index in [4.69, 9.17) is 4.98 Å². The van der Waals surface area contributed by atoms with Crippen LogP contribution in [0.1, 0.15) is 35.8 Å². The summed E-state index contributed by atoms with van der Waals surface area (Å²) in [4.78, 5) is 32.6. The summed E-state index contributed by atoms with van der Waals surface area (Å²) in [7, 11) is 0. The van der Waals surface area contributed by atoms with Gasteiger partial charge in [0, 0.05) is 47.5 Å². The van der Waals surface area contributed by atoms with Crippen molar-refractivity contribution >= 4 is 40.0 Å². The van der Waals surface area contributed by atoms with Gasteiger partial charge in [-0.05, 0) is 62.0 Å². The molecule has 1 amide bonds. The normalized spacial score (nSPS) is 16.9. The van der Waals surface area contributed by atoms with E-state index < -0.39 is 0 Å². The van der Waals surface area contributed by atoms with Crippen molar-refractivity contribution in [1.82, 2.24) is 9.88 Å². The Hall–Kier alpha value is -2.70. The van der Waals surface area contributed by atoms with Gasteiger partial charge in [-0.2, -0.15) is 0 Å². The van der Waals surface area contributed by atoms with Crippen LogP contribution in [0.15, 0.2) is 59.5 Å². The minimum atomic E-state index is -0.0849. The highest BCUT2D eigenvalue weighted by atomic mass is 32.2. The molecule has 1 fully saturated rings. The number of hydrogen-bond donors (Lipinski definition) is 1. The molecule has 0 spiro atoms. The molecular formula is C25H27N3O2S. The molecule has 1 aliphatic heterocycles. The Labute approximate surface area is 187 Å². The number of Topliss-reactive ketones (excluding diaryl/α,β-unsaturated/α-hetero) is 1. The molecule has 1 aliphatic rings. The van der Waals surface area contributed by atoms with Crippen molar-refractivity contribution in [3.63, 3.8) is 0 Å². The fourth-order valence-corrected chi connectivity index (χ4v) is 4.58. The SMILES string of the molecule is CSc1ccc(C(=O)C2CCCN(Cc3ccc4cc(NC(C)=O)ccc4n3)C2)cc1. The van der Waals surface area contributed by atoms with Gasteiger partial charge in [-0.15, -0.1) is 11.8 Å². The monoisotopic (exact) mass is 433 g/mol. The molecule has 160 valence electrons. The Morgan fingerprint density at radius 1 is 1.13 bits per heavy atom. The number of fused-ring (bicyclic) bond motifs is 1. The lowest BCUT2D eigenvalue weighted by molar-refractivity contribution is -0.114. The lowest BCUT2D eigenvalue weighted by Crippen LogP contribution is -2.38. The standard InChI is InChI=1S/C25H27N3O2S/c1-17(29)26-21-9-12-24-19(14-21)5-8-22(27-24)16-28-13-3-4-20(15-28)25(30)18-6-10-23(31-2)11-7-18/h5-12,14,20H,3-4,13,15-16H2,1-2H3,(H,26,29). The number of rotatable bonds is 6. The summed E-state index contributed by atoms with van der Waals surface area (Å²) >= 11 is 1.69. The smallest absolute Gasteiger partial charge is 0.221 e. The summed E-state index contributed by atoms with van der Waals surface area (Å²) in [5, 5.41) is 3.80. The van der Waals surface area contributed by atoms with Crippen LogP contribution in [-0.2, 0) is 11.3 Å². The summed E-state index contributed by atoms with van der Waals surface area (Å²) in [5.41, 5.74) is 3.49. The van der Waals surface area contributed by atoms with E-state index in [2.05, 4.69) is 10.2 Å². The molecule has 0 aliphatic carbocycles. The van der Waals surface area contributed by atoms with Gasteiger partial charge in [-0.25, -0.2) is 0 Å². The summed E-state index contributed by atoms with van der Waals surface area (Å²) < 4.78 is 0. The van der Waals surface area contributed by atoms with Crippen LogP contribution in [0.25, 0.3) is 10.9 Å². The van der Waals surface area contributed by atoms with E-state index in [0.717, 1.165) is 60.3 Å². The maximum absolute atomic E-state index is 13.0. The first kappa shape index (κ1) is 21.5. The third kappa shape index (κ3) is 5.32. The molecule has 5 nitrogen and oxygen atoms in total. The second kappa shape index (κ2) is 9.62. The number of thioether (sulfide) groups is 1. The van der Waals surface area contributed by atoms with Crippen LogP contribution in [0.4, 0.5) is 5.69 Å². The summed E-state index contributed by atoms with van der Waals surface area (Å²) in [5.74, 6) is 0.196. The van der Waals surface area contributed by atoms with Crippen LogP contribution in [0.3, 0.4) is 0 Å². The molecule has 2 aromatic carbocycles. The number of nitrogens with one attached hydrogen (secondary N) is 1. The number of aromatic nitrogens is 1. The number of anilines is 1. The third-order valence-electron chi connectivity index (χ3n) is 5.70. The zero-order chi connectivity index (χ0) is 21.8. The number of ketones is 1. The van der Waals surface area contributed by atoms with Gasteiger partial charge in [0.1, 0.15) is 0 Å². The minimum Gasteiger partial charge on any atom is -0.326 e. The number of pyridine rings is 1. The fourth-order valence-electron chi connectivity index (χ4n) is 4.17. The third-order valence-corrected chi connectivity index (χ3v) is 6.45. The van der Waals surface area contributed by atoms with Gasteiger partial charge >= 0.3 is 0 Å². The molecule has 1 unspecified atom stereocenters. The van der Waals surface area contributed by atoms with Gasteiger partial charge in [-0.3, -0.25) is 19.5 Å². The molecule has 0 saturated carbocycles. The first-order valence-corrected chi connectivity index (χ1v) is 11.8. The van der Waals surface area contributed by atoms with E-state index in [0.29, 0.717) is 0 Å². The molecule has 4 rings (SSSR count). The molecule has 3 aromatic rings. The van der Waals surface area contributed by atoms with Gasteiger partial charge < -0.3 is 5.32 Å². The van der Waals surface area contributed by atoms with Crippen molar-refractivity contribution in [2.45, 2.75) is 31.2 Å².